The van der Waals surface area contributed by atoms with Crippen molar-refractivity contribution in [3.05, 3.63) is 59.9 Å². The van der Waals surface area contributed by atoms with Crippen LogP contribution in [0.15, 0.2) is 53.4 Å². The van der Waals surface area contributed by atoms with Gasteiger partial charge in [-0.25, -0.2) is 12.8 Å². The fraction of sp³-hybridized carbons (Fsp3) is 0.294. The molecule has 0 saturated carbocycles. The Labute approximate surface area is 136 Å². The Morgan fingerprint density at radius 1 is 1.09 bits per heavy atom. The van der Waals surface area contributed by atoms with E-state index in [1.54, 1.807) is 36.4 Å². The SMILES string of the molecule is CO[C@@H](c1ccccc1F)[C@H](C)Nc1ccccc1S(C)(=O)=O. The molecular weight excluding hydrogens is 317 g/mol. The Morgan fingerprint density at radius 2 is 1.70 bits per heavy atom. The Hall–Kier alpha value is -1.92. The van der Waals surface area contributed by atoms with Crippen LogP contribution in [0.4, 0.5) is 10.1 Å². The fourth-order valence-electron chi connectivity index (χ4n) is 2.54. The lowest BCUT2D eigenvalue weighted by Crippen LogP contribution is -2.27. The molecule has 2 aromatic carbocycles. The minimum Gasteiger partial charge on any atom is -0.379 e. The molecule has 0 saturated heterocycles. The van der Waals surface area contributed by atoms with E-state index in [1.807, 2.05) is 6.92 Å². The van der Waals surface area contributed by atoms with Crippen LogP contribution in [0.5, 0.6) is 0 Å². The molecule has 0 aliphatic rings. The number of ether oxygens (including phenoxy) is 1. The van der Waals surface area contributed by atoms with Crippen molar-refractivity contribution in [1.82, 2.24) is 0 Å². The van der Waals surface area contributed by atoms with Gasteiger partial charge < -0.3 is 10.1 Å². The summed E-state index contributed by atoms with van der Waals surface area (Å²) in [5.74, 6) is -0.357. The fourth-order valence-corrected chi connectivity index (χ4v) is 3.39. The van der Waals surface area contributed by atoms with Gasteiger partial charge in [0, 0.05) is 18.9 Å². The molecule has 23 heavy (non-hydrogen) atoms. The van der Waals surface area contributed by atoms with Crippen LogP contribution in [0.25, 0.3) is 0 Å². The summed E-state index contributed by atoms with van der Waals surface area (Å²) in [6.07, 6.45) is 0.604. The molecule has 0 spiro atoms. The van der Waals surface area contributed by atoms with Crippen LogP contribution in [-0.4, -0.2) is 27.8 Å². The first-order valence-corrected chi connectivity index (χ1v) is 9.06. The van der Waals surface area contributed by atoms with Gasteiger partial charge in [0.25, 0.3) is 0 Å². The van der Waals surface area contributed by atoms with E-state index in [-0.39, 0.29) is 16.8 Å². The topological polar surface area (TPSA) is 55.4 Å². The van der Waals surface area contributed by atoms with Crippen LogP contribution in [0.1, 0.15) is 18.6 Å². The zero-order valence-electron chi connectivity index (χ0n) is 13.3. The molecule has 6 heteroatoms. The lowest BCUT2D eigenvalue weighted by atomic mass is 10.0. The summed E-state index contributed by atoms with van der Waals surface area (Å²) in [4.78, 5) is 0.204. The molecule has 124 valence electrons. The second-order valence-electron chi connectivity index (χ2n) is 5.38. The molecule has 2 rings (SSSR count). The summed E-state index contributed by atoms with van der Waals surface area (Å²) >= 11 is 0. The van der Waals surface area contributed by atoms with E-state index in [9.17, 15) is 12.8 Å². The Bertz CT molecular complexity index is 777. The van der Waals surface area contributed by atoms with E-state index in [0.29, 0.717) is 11.3 Å². The van der Waals surface area contributed by atoms with Gasteiger partial charge in [-0.15, -0.1) is 0 Å². The van der Waals surface area contributed by atoms with E-state index < -0.39 is 15.9 Å². The smallest absolute Gasteiger partial charge is 0.177 e. The second-order valence-corrected chi connectivity index (χ2v) is 7.36. The van der Waals surface area contributed by atoms with Gasteiger partial charge in [0.05, 0.1) is 16.6 Å². The number of nitrogens with one attached hydrogen (secondary N) is 1. The van der Waals surface area contributed by atoms with Gasteiger partial charge in [-0.2, -0.15) is 0 Å². The third-order valence-corrected chi connectivity index (χ3v) is 4.74. The molecule has 0 unspecified atom stereocenters. The first-order chi connectivity index (χ1) is 10.8. The van der Waals surface area contributed by atoms with Gasteiger partial charge in [0.1, 0.15) is 11.9 Å². The summed E-state index contributed by atoms with van der Waals surface area (Å²) in [6.45, 7) is 1.82. The normalized spacial score (nSPS) is 14.3. The van der Waals surface area contributed by atoms with Gasteiger partial charge >= 0.3 is 0 Å². The van der Waals surface area contributed by atoms with E-state index in [4.69, 9.17) is 4.74 Å². The van der Waals surface area contributed by atoms with Crippen LogP contribution in [0, 0.1) is 5.82 Å². The molecular formula is C17H20FNO3S. The summed E-state index contributed by atoms with van der Waals surface area (Å²) in [7, 11) is -1.86. The molecule has 0 aromatic heterocycles. The van der Waals surface area contributed by atoms with Crippen LogP contribution in [0.3, 0.4) is 0 Å². The maximum absolute atomic E-state index is 14.0. The number of rotatable bonds is 6. The molecule has 0 amide bonds. The average Bonchev–Trinajstić information content (AvgIpc) is 2.49. The standard InChI is InChI=1S/C17H20FNO3S/c1-12(17(22-2)13-8-4-5-9-14(13)18)19-15-10-6-7-11-16(15)23(3,20)21/h4-12,17,19H,1-3H3/t12-,17+/m0/s1. The predicted octanol–water partition coefficient (Wildman–Crippen LogP) is 3.42. The third-order valence-electron chi connectivity index (χ3n) is 3.59. The summed E-state index contributed by atoms with van der Waals surface area (Å²) in [5, 5.41) is 3.12. The average molecular weight is 337 g/mol. The molecule has 2 atom stereocenters. The van der Waals surface area contributed by atoms with Crippen molar-refractivity contribution in [2.45, 2.75) is 24.0 Å². The molecule has 2 aromatic rings. The van der Waals surface area contributed by atoms with Crippen molar-refractivity contribution in [2.75, 3.05) is 18.7 Å². The molecule has 0 bridgehead atoms. The van der Waals surface area contributed by atoms with E-state index in [1.165, 1.54) is 19.2 Å². The first kappa shape index (κ1) is 17.4. The van der Waals surface area contributed by atoms with Crippen molar-refractivity contribution in [3.63, 3.8) is 0 Å². The second kappa shape index (κ2) is 7.10. The van der Waals surface area contributed by atoms with Gasteiger partial charge in [-0.05, 0) is 25.1 Å². The lowest BCUT2D eigenvalue weighted by Gasteiger charge is -2.26. The van der Waals surface area contributed by atoms with Crippen molar-refractivity contribution in [3.8, 4) is 0 Å². The Balaban J connectivity index is 2.32. The van der Waals surface area contributed by atoms with Crippen molar-refractivity contribution in [1.29, 1.82) is 0 Å². The molecule has 4 nitrogen and oxygen atoms in total. The van der Waals surface area contributed by atoms with Crippen LogP contribution < -0.4 is 5.32 Å². The maximum atomic E-state index is 14.0. The Morgan fingerprint density at radius 3 is 2.30 bits per heavy atom. The summed E-state index contributed by atoms with van der Waals surface area (Å²) in [6, 6.07) is 12.7. The highest BCUT2D eigenvalue weighted by Gasteiger charge is 2.23. The van der Waals surface area contributed by atoms with Gasteiger partial charge in [0.15, 0.2) is 9.84 Å². The summed E-state index contributed by atoms with van der Waals surface area (Å²) < 4.78 is 43.2. The number of benzene rings is 2. The Kier molecular flexibility index (Phi) is 5.38. The first-order valence-electron chi connectivity index (χ1n) is 7.17. The maximum Gasteiger partial charge on any atom is 0.177 e. The zero-order valence-corrected chi connectivity index (χ0v) is 14.1. The molecule has 0 aliphatic carbocycles. The number of anilines is 1. The predicted molar refractivity (Wildman–Crippen MR) is 88.8 cm³/mol. The highest BCUT2D eigenvalue weighted by Crippen LogP contribution is 2.28. The number of para-hydroxylation sites is 1. The molecule has 0 heterocycles. The van der Waals surface area contributed by atoms with Crippen molar-refractivity contribution < 1.29 is 17.5 Å². The monoisotopic (exact) mass is 337 g/mol. The number of sulfone groups is 1. The van der Waals surface area contributed by atoms with E-state index in [0.717, 1.165) is 6.26 Å². The van der Waals surface area contributed by atoms with Gasteiger partial charge in [0.2, 0.25) is 0 Å². The highest BCUT2D eigenvalue weighted by atomic mass is 32.2. The largest absolute Gasteiger partial charge is 0.379 e. The van der Waals surface area contributed by atoms with E-state index >= 15 is 0 Å². The van der Waals surface area contributed by atoms with Crippen LogP contribution in [0.2, 0.25) is 0 Å². The van der Waals surface area contributed by atoms with Gasteiger partial charge in [-0.1, -0.05) is 30.3 Å². The number of hydrogen-bond donors (Lipinski definition) is 1. The number of hydrogen-bond acceptors (Lipinski definition) is 4. The van der Waals surface area contributed by atoms with Crippen LogP contribution in [-0.2, 0) is 14.6 Å². The van der Waals surface area contributed by atoms with Crippen LogP contribution >= 0.6 is 0 Å². The molecule has 1 N–H and O–H groups in total. The zero-order chi connectivity index (χ0) is 17.0. The molecule has 0 radical (unpaired) electrons. The van der Waals surface area contributed by atoms with E-state index in [2.05, 4.69) is 5.32 Å². The molecule has 0 fully saturated rings. The summed E-state index contributed by atoms with van der Waals surface area (Å²) in [5.41, 5.74) is 0.896. The molecule has 0 aliphatic heterocycles. The van der Waals surface area contributed by atoms with Gasteiger partial charge in [-0.3, -0.25) is 0 Å². The third kappa shape index (κ3) is 4.09. The lowest BCUT2D eigenvalue weighted by molar-refractivity contribution is 0.0876. The van der Waals surface area contributed by atoms with Crippen molar-refractivity contribution in [2.24, 2.45) is 0 Å². The highest BCUT2D eigenvalue weighted by molar-refractivity contribution is 7.90. The van der Waals surface area contributed by atoms with Crippen molar-refractivity contribution >= 4 is 15.5 Å². The number of halogens is 1. The quantitative estimate of drug-likeness (QED) is 0.877. The minimum absolute atomic E-state index is 0.204. The minimum atomic E-state index is -3.36. The number of methoxy groups -OCH3 is 1.